The minimum absolute atomic E-state index is 0.709. The molecule has 2 heterocycles. The first kappa shape index (κ1) is 10.9. The quantitative estimate of drug-likeness (QED) is 0.687. The van der Waals surface area contributed by atoms with Gasteiger partial charge in [-0.15, -0.1) is 0 Å². The number of aromatic nitrogens is 3. The molecule has 0 saturated carbocycles. The first-order chi connectivity index (χ1) is 8.59. The Morgan fingerprint density at radius 2 is 1.89 bits per heavy atom. The van der Waals surface area contributed by atoms with Crippen molar-refractivity contribution in [2.75, 3.05) is 5.73 Å². The van der Waals surface area contributed by atoms with Gasteiger partial charge in [0.15, 0.2) is 0 Å². The summed E-state index contributed by atoms with van der Waals surface area (Å²) in [5.41, 5.74) is 11.6. The van der Waals surface area contributed by atoms with Crippen LogP contribution in [0.15, 0.2) is 24.3 Å². The Kier molecular flexibility index (Phi) is 2.20. The summed E-state index contributed by atoms with van der Waals surface area (Å²) in [6.07, 6.45) is 0. The number of rotatable bonds is 1. The summed E-state index contributed by atoms with van der Waals surface area (Å²) in [4.78, 5) is 3.40. The van der Waals surface area contributed by atoms with Gasteiger partial charge in [-0.1, -0.05) is 18.2 Å². The molecule has 4 nitrogen and oxygen atoms in total. The summed E-state index contributed by atoms with van der Waals surface area (Å²) in [7, 11) is 1.87. The van der Waals surface area contributed by atoms with Gasteiger partial charge in [0.05, 0.1) is 5.69 Å². The number of hydrogen-bond acceptors (Lipinski definition) is 2. The molecule has 3 rings (SSSR count). The van der Waals surface area contributed by atoms with Gasteiger partial charge in [0.25, 0.3) is 0 Å². The lowest BCUT2D eigenvalue weighted by molar-refractivity contribution is 0.767. The van der Waals surface area contributed by atoms with Crippen molar-refractivity contribution >= 4 is 16.7 Å². The molecule has 1 aromatic carbocycles. The highest BCUT2D eigenvalue weighted by molar-refractivity contribution is 6.00. The van der Waals surface area contributed by atoms with E-state index in [9.17, 15) is 0 Å². The Bertz CT molecular complexity index is 734. The summed E-state index contributed by atoms with van der Waals surface area (Å²) >= 11 is 0. The van der Waals surface area contributed by atoms with Gasteiger partial charge in [0.2, 0.25) is 0 Å². The van der Waals surface area contributed by atoms with Crippen LogP contribution < -0.4 is 5.73 Å². The molecule has 0 aliphatic rings. The lowest BCUT2D eigenvalue weighted by Gasteiger charge is -2.02. The Morgan fingerprint density at radius 1 is 1.17 bits per heavy atom. The number of fused-ring (bicyclic) bond motifs is 1. The standard InChI is InChI=1S/C14H16N4/c1-8-12(10-6-4-5-7-11(10)16-8)13-9(2)17-18(3)14(13)15/h4-7,16H,15H2,1-3H3. The van der Waals surface area contributed by atoms with Crippen molar-refractivity contribution in [3.8, 4) is 11.1 Å². The van der Waals surface area contributed by atoms with Crippen molar-refractivity contribution in [2.24, 2.45) is 7.05 Å². The van der Waals surface area contributed by atoms with Gasteiger partial charge in [-0.3, -0.25) is 4.68 Å². The van der Waals surface area contributed by atoms with Crippen molar-refractivity contribution in [3.63, 3.8) is 0 Å². The van der Waals surface area contributed by atoms with Gasteiger partial charge in [-0.2, -0.15) is 5.10 Å². The Labute approximate surface area is 105 Å². The van der Waals surface area contributed by atoms with Crippen molar-refractivity contribution in [1.82, 2.24) is 14.8 Å². The molecule has 0 bridgehead atoms. The lowest BCUT2D eigenvalue weighted by Crippen LogP contribution is -1.98. The number of hydrogen-bond donors (Lipinski definition) is 2. The number of aryl methyl sites for hydroxylation is 3. The maximum Gasteiger partial charge on any atom is 0.129 e. The van der Waals surface area contributed by atoms with E-state index in [0.717, 1.165) is 28.0 Å². The molecule has 0 saturated heterocycles. The smallest absolute Gasteiger partial charge is 0.129 e. The summed E-state index contributed by atoms with van der Waals surface area (Å²) in [6, 6.07) is 8.26. The van der Waals surface area contributed by atoms with Crippen LogP contribution in [0.5, 0.6) is 0 Å². The van der Waals surface area contributed by atoms with Crippen molar-refractivity contribution < 1.29 is 0 Å². The number of H-pyrrole nitrogens is 1. The third-order valence-electron chi connectivity index (χ3n) is 3.41. The second-order valence-corrected chi connectivity index (χ2v) is 4.64. The average Bonchev–Trinajstić information content (AvgIpc) is 2.77. The van der Waals surface area contributed by atoms with Crippen LogP contribution in [-0.2, 0) is 7.05 Å². The highest BCUT2D eigenvalue weighted by Crippen LogP contribution is 2.37. The molecule has 0 spiro atoms. The maximum atomic E-state index is 6.14. The molecule has 0 aliphatic carbocycles. The normalized spacial score (nSPS) is 11.3. The Hall–Kier alpha value is -2.23. The zero-order valence-electron chi connectivity index (χ0n) is 10.8. The van der Waals surface area contributed by atoms with Gasteiger partial charge in [0.1, 0.15) is 5.82 Å². The van der Waals surface area contributed by atoms with Crippen LogP contribution in [0.1, 0.15) is 11.4 Å². The summed E-state index contributed by atoms with van der Waals surface area (Å²) in [5.74, 6) is 0.709. The molecule has 0 radical (unpaired) electrons. The molecular formula is C14H16N4. The van der Waals surface area contributed by atoms with Gasteiger partial charge in [-0.05, 0) is 19.9 Å². The lowest BCUT2D eigenvalue weighted by atomic mass is 10.0. The maximum absolute atomic E-state index is 6.14. The number of nitrogens with zero attached hydrogens (tertiary/aromatic N) is 2. The molecule has 2 aromatic heterocycles. The number of aromatic amines is 1. The van der Waals surface area contributed by atoms with E-state index in [-0.39, 0.29) is 0 Å². The molecule has 0 aliphatic heterocycles. The second kappa shape index (κ2) is 3.63. The Morgan fingerprint density at radius 3 is 2.56 bits per heavy atom. The van der Waals surface area contributed by atoms with Crippen LogP contribution in [0.2, 0.25) is 0 Å². The van der Waals surface area contributed by atoms with E-state index < -0.39 is 0 Å². The fourth-order valence-electron chi connectivity index (χ4n) is 2.58. The van der Waals surface area contributed by atoms with Gasteiger partial charge >= 0.3 is 0 Å². The van der Waals surface area contributed by atoms with E-state index >= 15 is 0 Å². The van der Waals surface area contributed by atoms with Crippen LogP contribution in [-0.4, -0.2) is 14.8 Å². The molecule has 92 valence electrons. The molecule has 0 fully saturated rings. The second-order valence-electron chi connectivity index (χ2n) is 4.64. The minimum atomic E-state index is 0.709. The average molecular weight is 240 g/mol. The number of anilines is 1. The molecule has 0 amide bonds. The summed E-state index contributed by atoms with van der Waals surface area (Å²) in [6.45, 7) is 4.06. The molecule has 18 heavy (non-hydrogen) atoms. The van der Waals surface area contributed by atoms with Crippen LogP contribution in [0.4, 0.5) is 5.82 Å². The zero-order chi connectivity index (χ0) is 12.9. The molecular weight excluding hydrogens is 224 g/mol. The minimum Gasteiger partial charge on any atom is -0.383 e. The predicted molar refractivity (Wildman–Crippen MR) is 74.4 cm³/mol. The van der Waals surface area contributed by atoms with Crippen LogP contribution in [0.3, 0.4) is 0 Å². The van der Waals surface area contributed by atoms with Gasteiger partial charge in [0, 0.05) is 34.8 Å². The van der Waals surface area contributed by atoms with E-state index in [4.69, 9.17) is 5.73 Å². The SMILES string of the molecule is Cc1nn(C)c(N)c1-c1c(C)[nH]c2ccccc12. The molecule has 3 aromatic rings. The van der Waals surface area contributed by atoms with Gasteiger partial charge in [-0.25, -0.2) is 0 Å². The zero-order valence-corrected chi connectivity index (χ0v) is 10.8. The van der Waals surface area contributed by atoms with Gasteiger partial charge < -0.3 is 10.7 Å². The molecule has 3 N–H and O–H groups in total. The predicted octanol–water partition coefficient (Wildman–Crippen LogP) is 2.77. The highest BCUT2D eigenvalue weighted by atomic mass is 15.3. The topological polar surface area (TPSA) is 59.6 Å². The van der Waals surface area contributed by atoms with E-state index in [1.807, 2.05) is 26.1 Å². The third-order valence-corrected chi connectivity index (χ3v) is 3.41. The molecule has 4 heteroatoms. The first-order valence-electron chi connectivity index (χ1n) is 5.96. The van der Waals surface area contributed by atoms with E-state index in [2.05, 4.69) is 29.1 Å². The van der Waals surface area contributed by atoms with Crippen molar-refractivity contribution in [2.45, 2.75) is 13.8 Å². The van der Waals surface area contributed by atoms with Crippen LogP contribution in [0.25, 0.3) is 22.0 Å². The largest absolute Gasteiger partial charge is 0.383 e. The number of nitrogen functional groups attached to an aromatic ring is 1. The fraction of sp³-hybridized carbons (Fsp3) is 0.214. The number of benzene rings is 1. The van der Waals surface area contributed by atoms with Crippen LogP contribution in [0, 0.1) is 13.8 Å². The fourth-order valence-corrected chi connectivity index (χ4v) is 2.58. The first-order valence-corrected chi connectivity index (χ1v) is 5.96. The number of para-hydroxylation sites is 1. The van der Waals surface area contributed by atoms with E-state index in [0.29, 0.717) is 5.82 Å². The Balaban J connectivity index is 2.41. The number of nitrogens with two attached hydrogens (primary N) is 1. The van der Waals surface area contributed by atoms with Crippen LogP contribution >= 0.6 is 0 Å². The molecule has 0 unspecified atom stereocenters. The third kappa shape index (κ3) is 1.35. The molecule has 0 atom stereocenters. The van der Waals surface area contributed by atoms with Crippen molar-refractivity contribution in [3.05, 3.63) is 35.7 Å². The summed E-state index contributed by atoms with van der Waals surface area (Å²) in [5, 5.41) is 5.58. The summed E-state index contributed by atoms with van der Waals surface area (Å²) < 4.78 is 1.73. The highest BCUT2D eigenvalue weighted by Gasteiger charge is 2.18. The van der Waals surface area contributed by atoms with Crippen molar-refractivity contribution in [1.29, 1.82) is 0 Å². The van der Waals surface area contributed by atoms with E-state index in [1.54, 1.807) is 4.68 Å². The monoisotopic (exact) mass is 240 g/mol. The number of nitrogens with one attached hydrogen (secondary N) is 1. The van der Waals surface area contributed by atoms with E-state index in [1.165, 1.54) is 5.39 Å².